The molecule has 0 aliphatic rings. The number of hydrogen-bond donors (Lipinski definition) is 3. The van der Waals surface area contributed by atoms with Crippen LogP contribution in [0.1, 0.15) is 11.6 Å². The quantitative estimate of drug-likeness (QED) is 0.686. The van der Waals surface area contributed by atoms with Crippen molar-refractivity contribution in [2.45, 2.75) is 6.04 Å². The van der Waals surface area contributed by atoms with E-state index in [0.29, 0.717) is 6.54 Å². The Hall–Kier alpha value is -2.59. The Balaban J connectivity index is 1.81. The molecule has 2 aromatic carbocycles. The molecule has 0 aliphatic heterocycles. The van der Waals surface area contributed by atoms with Crippen LogP contribution in [0.15, 0.2) is 60.8 Å². The summed E-state index contributed by atoms with van der Waals surface area (Å²) in [4.78, 5) is 4.34. The van der Waals surface area contributed by atoms with E-state index in [9.17, 15) is 5.11 Å². The second kappa shape index (κ2) is 5.81. The molecule has 4 nitrogen and oxygen atoms in total. The van der Waals surface area contributed by atoms with E-state index < -0.39 is 0 Å². The minimum atomic E-state index is -0.111. The zero-order valence-electron chi connectivity index (χ0n) is 11.5. The Morgan fingerprint density at radius 1 is 1.10 bits per heavy atom. The van der Waals surface area contributed by atoms with Gasteiger partial charge in [-0.05, 0) is 29.1 Å². The third-order valence-electron chi connectivity index (χ3n) is 3.47. The van der Waals surface area contributed by atoms with E-state index in [1.165, 1.54) is 0 Å². The maximum absolute atomic E-state index is 9.63. The lowest BCUT2D eigenvalue weighted by Gasteiger charge is -2.14. The van der Waals surface area contributed by atoms with Crippen LogP contribution < -0.4 is 11.1 Å². The van der Waals surface area contributed by atoms with Gasteiger partial charge in [-0.25, -0.2) is 4.98 Å². The molecule has 1 unspecified atom stereocenters. The van der Waals surface area contributed by atoms with Crippen LogP contribution in [0.5, 0.6) is 5.75 Å². The van der Waals surface area contributed by atoms with Gasteiger partial charge in [-0.3, -0.25) is 0 Å². The van der Waals surface area contributed by atoms with Gasteiger partial charge in [-0.2, -0.15) is 0 Å². The summed E-state index contributed by atoms with van der Waals surface area (Å²) < 4.78 is 0. The first kappa shape index (κ1) is 13.4. The van der Waals surface area contributed by atoms with Gasteiger partial charge in [0.2, 0.25) is 0 Å². The Labute approximate surface area is 123 Å². The van der Waals surface area contributed by atoms with E-state index in [1.807, 2.05) is 42.5 Å². The van der Waals surface area contributed by atoms with E-state index in [4.69, 9.17) is 5.73 Å². The highest BCUT2D eigenvalue weighted by Gasteiger charge is 2.07. The molecule has 106 valence electrons. The number of nitrogens with one attached hydrogen (secondary N) is 1. The van der Waals surface area contributed by atoms with Crippen molar-refractivity contribution >= 4 is 16.6 Å². The maximum atomic E-state index is 9.63. The molecule has 1 aromatic heterocycles. The first-order chi connectivity index (χ1) is 10.2. The highest BCUT2D eigenvalue weighted by Crippen LogP contribution is 2.25. The molecule has 0 amide bonds. The van der Waals surface area contributed by atoms with Gasteiger partial charge in [0.05, 0.1) is 0 Å². The zero-order chi connectivity index (χ0) is 14.7. The van der Waals surface area contributed by atoms with Crippen LogP contribution in [0.3, 0.4) is 0 Å². The van der Waals surface area contributed by atoms with Crippen molar-refractivity contribution in [2.75, 3.05) is 11.9 Å². The predicted molar refractivity (Wildman–Crippen MR) is 85.3 cm³/mol. The smallest absolute Gasteiger partial charge is 0.134 e. The Kier molecular flexibility index (Phi) is 3.71. The molecule has 0 spiro atoms. The van der Waals surface area contributed by atoms with Gasteiger partial charge >= 0.3 is 0 Å². The van der Waals surface area contributed by atoms with Gasteiger partial charge in [0.15, 0.2) is 0 Å². The molecular formula is C17H17N3O. The Bertz CT molecular complexity index is 743. The second-order valence-electron chi connectivity index (χ2n) is 4.96. The Morgan fingerprint density at radius 2 is 1.90 bits per heavy atom. The Morgan fingerprint density at radius 3 is 2.71 bits per heavy atom. The molecule has 4 N–H and O–H groups in total. The summed E-state index contributed by atoms with van der Waals surface area (Å²) in [5, 5.41) is 14.8. The lowest BCUT2D eigenvalue weighted by molar-refractivity contribution is 0.476. The number of phenolic OH excluding ortho intramolecular Hbond substituents is 1. The molecule has 4 heteroatoms. The lowest BCUT2D eigenvalue weighted by Crippen LogP contribution is -2.21. The molecule has 1 heterocycles. The minimum absolute atomic E-state index is 0.111. The lowest BCUT2D eigenvalue weighted by atomic mass is 10.1. The third-order valence-corrected chi connectivity index (χ3v) is 3.47. The molecule has 21 heavy (non-hydrogen) atoms. The van der Waals surface area contributed by atoms with Crippen molar-refractivity contribution in [1.29, 1.82) is 0 Å². The number of hydrogen-bond acceptors (Lipinski definition) is 4. The predicted octanol–water partition coefficient (Wildman–Crippen LogP) is 3.05. The fourth-order valence-corrected chi connectivity index (χ4v) is 2.32. The standard InChI is InChI=1S/C17H17N3O/c18-16(13-4-2-1-3-5-13)11-20-17-15-10-14(21)7-6-12(15)8-9-19-17/h1-10,16,21H,11,18H2,(H,19,20). The van der Waals surface area contributed by atoms with E-state index in [-0.39, 0.29) is 11.8 Å². The van der Waals surface area contributed by atoms with Crippen molar-refractivity contribution in [3.05, 3.63) is 66.4 Å². The molecular weight excluding hydrogens is 262 g/mol. The highest BCUT2D eigenvalue weighted by molar-refractivity contribution is 5.92. The fraction of sp³-hybridized carbons (Fsp3) is 0.118. The number of pyridine rings is 1. The van der Waals surface area contributed by atoms with Gasteiger partial charge in [0, 0.05) is 24.2 Å². The summed E-state index contributed by atoms with van der Waals surface area (Å²) in [6.45, 7) is 0.575. The van der Waals surface area contributed by atoms with Crippen molar-refractivity contribution in [2.24, 2.45) is 5.73 Å². The van der Waals surface area contributed by atoms with Crippen LogP contribution >= 0.6 is 0 Å². The fourth-order valence-electron chi connectivity index (χ4n) is 2.32. The summed E-state index contributed by atoms with van der Waals surface area (Å²) in [6.07, 6.45) is 1.75. The van der Waals surface area contributed by atoms with Crippen molar-refractivity contribution < 1.29 is 5.11 Å². The van der Waals surface area contributed by atoms with E-state index in [2.05, 4.69) is 10.3 Å². The molecule has 0 bridgehead atoms. The summed E-state index contributed by atoms with van der Waals surface area (Å²) in [6, 6.07) is 17.0. The van der Waals surface area contributed by atoms with Crippen LogP contribution in [-0.4, -0.2) is 16.6 Å². The van der Waals surface area contributed by atoms with Gasteiger partial charge in [-0.15, -0.1) is 0 Å². The molecule has 0 aliphatic carbocycles. The largest absolute Gasteiger partial charge is 0.508 e. The summed E-state index contributed by atoms with van der Waals surface area (Å²) in [5.41, 5.74) is 7.25. The first-order valence-corrected chi connectivity index (χ1v) is 6.86. The average molecular weight is 279 g/mol. The number of nitrogens with two attached hydrogens (primary N) is 1. The van der Waals surface area contributed by atoms with Crippen LogP contribution in [0.25, 0.3) is 10.8 Å². The van der Waals surface area contributed by atoms with Crippen LogP contribution in [0, 0.1) is 0 Å². The molecule has 1 atom stereocenters. The molecule has 3 aromatic rings. The van der Waals surface area contributed by atoms with Gasteiger partial charge < -0.3 is 16.2 Å². The number of nitrogens with zero attached hydrogens (tertiary/aromatic N) is 1. The van der Waals surface area contributed by atoms with Crippen molar-refractivity contribution in [3.8, 4) is 5.75 Å². The molecule has 0 saturated carbocycles. The maximum Gasteiger partial charge on any atom is 0.134 e. The topological polar surface area (TPSA) is 71.2 Å². The molecule has 0 saturated heterocycles. The van der Waals surface area contributed by atoms with Crippen LogP contribution in [0.4, 0.5) is 5.82 Å². The zero-order valence-corrected chi connectivity index (χ0v) is 11.5. The molecule has 0 fully saturated rings. The number of aromatic hydroxyl groups is 1. The van der Waals surface area contributed by atoms with E-state index in [0.717, 1.165) is 22.2 Å². The first-order valence-electron chi connectivity index (χ1n) is 6.86. The molecule has 3 rings (SSSR count). The number of benzene rings is 2. The normalized spacial score (nSPS) is 12.2. The highest BCUT2D eigenvalue weighted by atomic mass is 16.3. The summed E-state index contributed by atoms with van der Waals surface area (Å²) >= 11 is 0. The third kappa shape index (κ3) is 2.95. The van der Waals surface area contributed by atoms with Crippen LogP contribution in [-0.2, 0) is 0 Å². The number of aromatic nitrogens is 1. The number of fused-ring (bicyclic) bond motifs is 1. The molecule has 0 radical (unpaired) electrons. The monoisotopic (exact) mass is 279 g/mol. The van der Waals surface area contributed by atoms with Gasteiger partial charge in [0.1, 0.15) is 11.6 Å². The number of anilines is 1. The minimum Gasteiger partial charge on any atom is -0.508 e. The average Bonchev–Trinajstić information content (AvgIpc) is 2.53. The number of phenols is 1. The van der Waals surface area contributed by atoms with Gasteiger partial charge in [0.25, 0.3) is 0 Å². The van der Waals surface area contributed by atoms with Crippen molar-refractivity contribution in [3.63, 3.8) is 0 Å². The van der Waals surface area contributed by atoms with Crippen LogP contribution in [0.2, 0.25) is 0 Å². The summed E-state index contributed by atoms with van der Waals surface area (Å²) in [5.74, 6) is 0.959. The van der Waals surface area contributed by atoms with Gasteiger partial charge in [-0.1, -0.05) is 36.4 Å². The van der Waals surface area contributed by atoms with E-state index in [1.54, 1.807) is 18.3 Å². The van der Waals surface area contributed by atoms with Crippen molar-refractivity contribution in [1.82, 2.24) is 4.98 Å². The second-order valence-corrected chi connectivity index (χ2v) is 4.96. The number of rotatable bonds is 4. The SMILES string of the molecule is NC(CNc1nccc2ccc(O)cc12)c1ccccc1. The summed E-state index contributed by atoms with van der Waals surface area (Å²) in [7, 11) is 0. The van der Waals surface area contributed by atoms with E-state index >= 15 is 0 Å².